The standard InChI is InChI=1S/C14H23N3O2/c1-4-17(5-2)8-6-7-15-14(19)13-11(3)9-12(10-18)16-13/h9-10,13H,4-8H2,1-3H3,(H,15,19). The number of nitrogens with one attached hydrogen (secondary N) is 1. The molecule has 1 aliphatic rings. The fraction of sp³-hybridized carbons (Fsp3) is 0.643. The van der Waals surface area contributed by atoms with Gasteiger partial charge in [-0.05, 0) is 44.6 Å². The van der Waals surface area contributed by atoms with E-state index in [-0.39, 0.29) is 5.91 Å². The summed E-state index contributed by atoms with van der Waals surface area (Å²) in [6.07, 6.45) is 3.26. The summed E-state index contributed by atoms with van der Waals surface area (Å²) in [5.41, 5.74) is 1.17. The van der Waals surface area contributed by atoms with Crippen LogP contribution in [-0.4, -0.2) is 55.0 Å². The first-order valence-electron chi connectivity index (χ1n) is 6.83. The van der Waals surface area contributed by atoms with Crippen LogP contribution in [0.5, 0.6) is 0 Å². The molecule has 1 N–H and O–H groups in total. The third-order valence-electron chi connectivity index (χ3n) is 3.30. The van der Waals surface area contributed by atoms with Crippen LogP contribution >= 0.6 is 0 Å². The van der Waals surface area contributed by atoms with Crippen LogP contribution < -0.4 is 5.32 Å². The molecule has 0 spiro atoms. The number of carbonyl (C=O) groups excluding carboxylic acids is 2. The first kappa shape index (κ1) is 15.6. The zero-order chi connectivity index (χ0) is 14.3. The van der Waals surface area contributed by atoms with Gasteiger partial charge in [0.1, 0.15) is 0 Å². The molecule has 0 saturated carbocycles. The van der Waals surface area contributed by atoms with Gasteiger partial charge in [0.25, 0.3) is 0 Å². The second-order valence-corrected chi connectivity index (χ2v) is 4.63. The van der Waals surface area contributed by atoms with E-state index in [1.165, 1.54) is 0 Å². The molecule has 0 fully saturated rings. The van der Waals surface area contributed by atoms with Gasteiger partial charge in [0.15, 0.2) is 12.3 Å². The van der Waals surface area contributed by atoms with Gasteiger partial charge in [0.2, 0.25) is 5.91 Å². The third kappa shape index (κ3) is 4.59. The number of hydrogen-bond acceptors (Lipinski definition) is 4. The number of carbonyl (C=O) groups is 2. The van der Waals surface area contributed by atoms with Gasteiger partial charge in [-0.1, -0.05) is 13.8 Å². The van der Waals surface area contributed by atoms with Crippen molar-refractivity contribution in [3.63, 3.8) is 0 Å². The highest BCUT2D eigenvalue weighted by Gasteiger charge is 2.23. The molecular formula is C14H23N3O2. The first-order valence-corrected chi connectivity index (χ1v) is 6.83. The molecular weight excluding hydrogens is 242 g/mol. The average molecular weight is 265 g/mol. The van der Waals surface area contributed by atoms with Crippen LogP contribution in [0.25, 0.3) is 0 Å². The van der Waals surface area contributed by atoms with E-state index in [9.17, 15) is 9.59 Å². The van der Waals surface area contributed by atoms with Crippen LogP contribution in [0.15, 0.2) is 16.6 Å². The predicted octanol–water partition coefficient (Wildman–Crippen LogP) is 0.803. The van der Waals surface area contributed by atoms with Crippen molar-refractivity contribution in [2.45, 2.75) is 33.2 Å². The molecule has 5 heteroatoms. The number of amides is 1. The molecule has 0 aromatic heterocycles. The lowest BCUT2D eigenvalue weighted by Gasteiger charge is -2.18. The molecule has 0 aromatic rings. The molecule has 1 amide bonds. The Bertz CT molecular complexity index is 384. The summed E-state index contributed by atoms with van der Waals surface area (Å²) >= 11 is 0. The molecule has 0 aliphatic carbocycles. The summed E-state index contributed by atoms with van der Waals surface area (Å²) < 4.78 is 0. The second kappa shape index (κ2) is 7.84. The number of nitrogens with zero attached hydrogens (tertiary/aromatic N) is 2. The van der Waals surface area contributed by atoms with Gasteiger partial charge in [0.05, 0.1) is 5.71 Å². The summed E-state index contributed by atoms with van der Waals surface area (Å²) in [5, 5.41) is 2.87. The number of rotatable bonds is 8. The highest BCUT2D eigenvalue weighted by Crippen LogP contribution is 2.13. The maximum absolute atomic E-state index is 11.9. The van der Waals surface area contributed by atoms with Crippen molar-refractivity contribution in [2.75, 3.05) is 26.2 Å². The summed E-state index contributed by atoms with van der Waals surface area (Å²) in [6, 6.07) is -0.520. The van der Waals surface area contributed by atoms with Crippen LogP contribution in [0.2, 0.25) is 0 Å². The molecule has 1 heterocycles. The van der Waals surface area contributed by atoms with Crippen LogP contribution in [0, 0.1) is 0 Å². The largest absolute Gasteiger partial charge is 0.354 e. The minimum atomic E-state index is -0.520. The Kier molecular flexibility index (Phi) is 6.42. The van der Waals surface area contributed by atoms with Crippen LogP contribution in [0.4, 0.5) is 0 Å². The molecule has 0 saturated heterocycles. The van der Waals surface area contributed by atoms with Gasteiger partial charge >= 0.3 is 0 Å². The van der Waals surface area contributed by atoms with Gasteiger partial charge in [0, 0.05) is 6.54 Å². The van der Waals surface area contributed by atoms with E-state index >= 15 is 0 Å². The van der Waals surface area contributed by atoms with Gasteiger partial charge in [-0.2, -0.15) is 0 Å². The summed E-state index contributed by atoms with van der Waals surface area (Å²) in [4.78, 5) is 28.9. The number of aldehydes is 1. The van der Waals surface area contributed by atoms with E-state index in [1.807, 2.05) is 6.92 Å². The molecule has 0 aromatic carbocycles. The maximum atomic E-state index is 11.9. The SMILES string of the molecule is CCN(CC)CCCNC(=O)C1N=C(C=O)C=C1C. The Morgan fingerprint density at radius 3 is 2.68 bits per heavy atom. The van der Waals surface area contributed by atoms with Gasteiger partial charge < -0.3 is 10.2 Å². The normalized spacial score (nSPS) is 18.2. The summed E-state index contributed by atoms with van der Waals surface area (Å²) in [6.45, 7) is 9.76. The molecule has 1 atom stereocenters. The molecule has 0 radical (unpaired) electrons. The monoisotopic (exact) mass is 265 g/mol. The molecule has 1 aliphatic heterocycles. The van der Waals surface area contributed by atoms with Crippen molar-refractivity contribution in [3.05, 3.63) is 11.6 Å². The minimum absolute atomic E-state index is 0.120. The summed E-state index contributed by atoms with van der Waals surface area (Å²) in [5.74, 6) is -0.120. The van der Waals surface area contributed by atoms with Crippen molar-refractivity contribution in [2.24, 2.45) is 4.99 Å². The van der Waals surface area contributed by atoms with Gasteiger partial charge in [-0.15, -0.1) is 0 Å². The fourth-order valence-electron chi connectivity index (χ4n) is 2.08. The smallest absolute Gasteiger partial charge is 0.249 e. The highest BCUT2D eigenvalue weighted by atomic mass is 16.2. The van der Waals surface area contributed by atoms with Crippen molar-refractivity contribution < 1.29 is 9.59 Å². The predicted molar refractivity (Wildman–Crippen MR) is 76.5 cm³/mol. The quantitative estimate of drug-likeness (QED) is 0.521. The number of hydrogen-bond donors (Lipinski definition) is 1. The topological polar surface area (TPSA) is 61.8 Å². The first-order chi connectivity index (χ1) is 9.12. The average Bonchev–Trinajstić information content (AvgIpc) is 2.80. The van der Waals surface area contributed by atoms with E-state index < -0.39 is 6.04 Å². The molecule has 1 rings (SSSR count). The number of allylic oxidation sites excluding steroid dienone is 1. The fourth-order valence-corrected chi connectivity index (χ4v) is 2.08. The Labute approximate surface area is 114 Å². The lowest BCUT2D eigenvalue weighted by Crippen LogP contribution is -2.35. The zero-order valence-electron chi connectivity index (χ0n) is 12.0. The molecule has 19 heavy (non-hydrogen) atoms. The van der Waals surface area contributed by atoms with Crippen LogP contribution in [-0.2, 0) is 9.59 Å². The van der Waals surface area contributed by atoms with Gasteiger partial charge in [-0.3, -0.25) is 14.6 Å². The maximum Gasteiger partial charge on any atom is 0.249 e. The lowest BCUT2D eigenvalue weighted by atomic mass is 10.1. The molecule has 5 nitrogen and oxygen atoms in total. The van der Waals surface area contributed by atoms with Crippen molar-refractivity contribution >= 4 is 17.9 Å². The third-order valence-corrected chi connectivity index (χ3v) is 3.30. The van der Waals surface area contributed by atoms with Crippen molar-refractivity contribution in [3.8, 4) is 0 Å². The lowest BCUT2D eigenvalue weighted by molar-refractivity contribution is -0.121. The molecule has 1 unspecified atom stereocenters. The van der Waals surface area contributed by atoms with E-state index in [0.29, 0.717) is 18.5 Å². The number of aliphatic imine (C=N–C) groups is 1. The van der Waals surface area contributed by atoms with Crippen molar-refractivity contribution in [1.82, 2.24) is 10.2 Å². The van der Waals surface area contributed by atoms with Crippen LogP contribution in [0.1, 0.15) is 27.2 Å². The van der Waals surface area contributed by atoms with E-state index in [2.05, 4.69) is 29.1 Å². The second-order valence-electron chi connectivity index (χ2n) is 4.63. The molecule has 0 bridgehead atoms. The Hall–Kier alpha value is -1.49. The Morgan fingerprint density at radius 2 is 2.16 bits per heavy atom. The van der Waals surface area contributed by atoms with E-state index in [1.54, 1.807) is 6.08 Å². The summed E-state index contributed by atoms with van der Waals surface area (Å²) in [7, 11) is 0. The van der Waals surface area contributed by atoms with E-state index in [0.717, 1.165) is 31.6 Å². The Morgan fingerprint density at radius 1 is 1.47 bits per heavy atom. The Balaban J connectivity index is 2.31. The molecule has 106 valence electrons. The van der Waals surface area contributed by atoms with Crippen molar-refractivity contribution in [1.29, 1.82) is 0 Å². The highest BCUT2D eigenvalue weighted by molar-refractivity contribution is 6.35. The minimum Gasteiger partial charge on any atom is -0.354 e. The zero-order valence-corrected chi connectivity index (χ0v) is 12.0. The van der Waals surface area contributed by atoms with E-state index in [4.69, 9.17) is 0 Å². The van der Waals surface area contributed by atoms with Gasteiger partial charge in [-0.25, -0.2) is 0 Å². The van der Waals surface area contributed by atoms with Crippen LogP contribution in [0.3, 0.4) is 0 Å².